The molecule has 0 radical (unpaired) electrons. The third-order valence-corrected chi connectivity index (χ3v) is 2.24. The highest BCUT2D eigenvalue weighted by atomic mass is 16.6. The number of aliphatic hydroxyl groups is 4. The maximum atomic E-state index is 9.48. The molecule has 5 heteroatoms. The zero-order valence-electron chi connectivity index (χ0n) is 8.52. The largest absolute Gasteiger partial charge is 0.395 e. The topological polar surface area (TPSA) is 90.2 Å². The van der Waals surface area contributed by atoms with E-state index in [0.29, 0.717) is 6.61 Å². The van der Waals surface area contributed by atoms with Crippen molar-refractivity contribution in [3.63, 3.8) is 0 Å². The lowest BCUT2D eigenvalue weighted by molar-refractivity contribution is -0.212. The first kappa shape index (κ1) is 13.8. The molecule has 0 aromatic rings. The summed E-state index contributed by atoms with van der Waals surface area (Å²) in [6.45, 7) is 0.764. The van der Waals surface area contributed by atoms with Crippen LogP contribution < -0.4 is 0 Å². The van der Waals surface area contributed by atoms with Crippen LogP contribution in [0.3, 0.4) is 0 Å². The van der Waals surface area contributed by atoms with Crippen molar-refractivity contribution in [2.75, 3.05) is 26.4 Å². The van der Waals surface area contributed by atoms with Gasteiger partial charge in [-0.2, -0.15) is 0 Å². The molecular formula is C9H20O5. The predicted octanol–water partition coefficient (Wildman–Crippen LogP) is -0.915. The summed E-state index contributed by atoms with van der Waals surface area (Å²) in [6, 6.07) is 0. The first-order valence-electron chi connectivity index (χ1n) is 4.79. The van der Waals surface area contributed by atoms with Crippen molar-refractivity contribution >= 4 is 0 Å². The standard InChI is InChI=1S/C9H20O5/c1-2-3-4-14-8(13)9(5-10,6-11)7-12/h8,10-13H,2-7H2,1H3. The van der Waals surface area contributed by atoms with Crippen molar-refractivity contribution in [1.82, 2.24) is 0 Å². The first-order valence-corrected chi connectivity index (χ1v) is 4.79. The number of unbranched alkanes of at least 4 members (excludes halogenated alkanes) is 1. The van der Waals surface area contributed by atoms with Crippen LogP contribution in [0, 0.1) is 5.41 Å². The fourth-order valence-electron chi connectivity index (χ4n) is 0.900. The zero-order valence-corrected chi connectivity index (χ0v) is 8.52. The highest BCUT2D eigenvalue weighted by Gasteiger charge is 2.37. The van der Waals surface area contributed by atoms with Crippen molar-refractivity contribution in [3.05, 3.63) is 0 Å². The average Bonchev–Trinajstić information content (AvgIpc) is 2.22. The number of hydrogen-bond acceptors (Lipinski definition) is 5. The van der Waals surface area contributed by atoms with Gasteiger partial charge in [0.1, 0.15) is 0 Å². The zero-order chi connectivity index (χ0) is 11.0. The quantitative estimate of drug-likeness (QED) is 0.306. The lowest BCUT2D eigenvalue weighted by Gasteiger charge is -2.32. The Labute approximate surface area is 83.9 Å². The molecule has 0 fully saturated rings. The van der Waals surface area contributed by atoms with Gasteiger partial charge in [-0.3, -0.25) is 0 Å². The molecule has 5 nitrogen and oxygen atoms in total. The monoisotopic (exact) mass is 208 g/mol. The van der Waals surface area contributed by atoms with E-state index in [9.17, 15) is 5.11 Å². The molecule has 86 valence electrons. The second kappa shape index (κ2) is 7.14. The number of ether oxygens (including phenoxy) is 1. The fourth-order valence-corrected chi connectivity index (χ4v) is 0.900. The molecule has 0 saturated heterocycles. The van der Waals surface area contributed by atoms with Gasteiger partial charge in [-0.25, -0.2) is 0 Å². The number of aliphatic hydroxyl groups excluding tert-OH is 4. The van der Waals surface area contributed by atoms with Crippen molar-refractivity contribution in [2.45, 2.75) is 26.1 Å². The Hall–Kier alpha value is -0.200. The summed E-state index contributed by atoms with van der Waals surface area (Å²) in [5, 5.41) is 36.3. The first-order chi connectivity index (χ1) is 6.66. The summed E-state index contributed by atoms with van der Waals surface area (Å²) in [6.07, 6.45) is 0.376. The summed E-state index contributed by atoms with van der Waals surface area (Å²) in [7, 11) is 0. The van der Waals surface area contributed by atoms with Crippen molar-refractivity contribution in [3.8, 4) is 0 Å². The van der Waals surface area contributed by atoms with E-state index < -0.39 is 31.5 Å². The lowest BCUT2D eigenvalue weighted by Crippen LogP contribution is -2.46. The van der Waals surface area contributed by atoms with Gasteiger partial charge in [-0.05, 0) is 6.42 Å². The van der Waals surface area contributed by atoms with Gasteiger partial charge in [-0.15, -0.1) is 0 Å². The van der Waals surface area contributed by atoms with Gasteiger partial charge in [0, 0.05) is 6.61 Å². The Kier molecular flexibility index (Phi) is 7.04. The summed E-state index contributed by atoms with van der Waals surface area (Å²) >= 11 is 0. The van der Waals surface area contributed by atoms with Gasteiger partial charge < -0.3 is 25.2 Å². The van der Waals surface area contributed by atoms with Crippen LogP contribution in [-0.2, 0) is 4.74 Å². The van der Waals surface area contributed by atoms with E-state index in [1.807, 2.05) is 6.92 Å². The minimum absolute atomic E-state index is 0.347. The molecular weight excluding hydrogens is 188 g/mol. The van der Waals surface area contributed by atoms with Gasteiger partial charge >= 0.3 is 0 Å². The normalized spacial score (nSPS) is 14.4. The smallest absolute Gasteiger partial charge is 0.166 e. The Bertz CT molecular complexity index is 127. The average molecular weight is 208 g/mol. The van der Waals surface area contributed by atoms with Crippen LogP contribution >= 0.6 is 0 Å². The van der Waals surface area contributed by atoms with Crippen molar-refractivity contribution < 1.29 is 25.2 Å². The molecule has 0 aliphatic heterocycles. The Morgan fingerprint density at radius 1 is 1.14 bits per heavy atom. The third-order valence-electron chi connectivity index (χ3n) is 2.24. The van der Waals surface area contributed by atoms with Crippen LogP contribution in [0.2, 0.25) is 0 Å². The van der Waals surface area contributed by atoms with E-state index in [4.69, 9.17) is 20.1 Å². The number of rotatable bonds is 8. The van der Waals surface area contributed by atoms with Gasteiger partial charge in [0.2, 0.25) is 0 Å². The molecule has 0 heterocycles. The van der Waals surface area contributed by atoms with Gasteiger partial charge in [0.25, 0.3) is 0 Å². The SMILES string of the molecule is CCCCOC(O)C(CO)(CO)CO. The van der Waals surface area contributed by atoms with Crippen molar-refractivity contribution in [1.29, 1.82) is 0 Å². The van der Waals surface area contributed by atoms with Gasteiger partial charge in [0.05, 0.1) is 25.2 Å². The molecule has 4 N–H and O–H groups in total. The van der Waals surface area contributed by atoms with Crippen LogP contribution in [0.4, 0.5) is 0 Å². The number of hydrogen-bond donors (Lipinski definition) is 4. The molecule has 0 aromatic carbocycles. The van der Waals surface area contributed by atoms with E-state index in [1.54, 1.807) is 0 Å². The molecule has 0 aromatic heterocycles. The van der Waals surface area contributed by atoms with Crippen molar-refractivity contribution in [2.24, 2.45) is 5.41 Å². The minimum Gasteiger partial charge on any atom is -0.395 e. The highest BCUT2D eigenvalue weighted by Crippen LogP contribution is 2.21. The fraction of sp³-hybridized carbons (Fsp3) is 1.00. The van der Waals surface area contributed by atoms with E-state index in [0.717, 1.165) is 12.8 Å². The Morgan fingerprint density at radius 2 is 1.64 bits per heavy atom. The van der Waals surface area contributed by atoms with Crippen LogP contribution in [-0.4, -0.2) is 53.1 Å². The van der Waals surface area contributed by atoms with Gasteiger partial charge in [-0.1, -0.05) is 13.3 Å². The lowest BCUT2D eigenvalue weighted by atomic mass is 9.90. The second-order valence-corrected chi connectivity index (χ2v) is 3.41. The molecule has 0 saturated carbocycles. The molecule has 1 atom stereocenters. The summed E-state index contributed by atoms with van der Waals surface area (Å²) in [4.78, 5) is 0. The van der Waals surface area contributed by atoms with Gasteiger partial charge in [0.15, 0.2) is 6.29 Å². The molecule has 0 bridgehead atoms. The molecule has 14 heavy (non-hydrogen) atoms. The maximum Gasteiger partial charge on any atom is 0.166 e. The molecule has 0 aliphatic carbocycles. The molecule has 0 rings (SSSR count). The maximum absolute atomic E-state index is 9.48. The van der Waals surface area contributed by atoms with Crippen LogP contribution in [0.25, 0.3) is 0 Å². The highest BCUT2D eigenvalue weighted by molar-refractivity contribution is 4.80. The molecule has 0 spiro atoms. The predicted molar refractivity (Wildman–Crippen MR) is 50.6 cm³/mol. The second-order valence-electron chi connectivity index (χ2n) is 3.41. The molecule has 1 unspecified atom stereocenters. The Balaban J connectivity index is 4.07. The van der Waals surface area contributed by atoms with E-state index in [1.165, 1.54) is 0 Å². The third kappa shape index (κ3) is 3.51. The van der Waals surface area contributed by atoms with Crippen LogP contribution in [0.5, 0.6) is 0 Å². The molecule has 0 amide bonds. The van der Waals surface area contributed by atoms with E-state index in [2.05, 4.69) is 0 Å². The summed E-state index contributed by atoms with van der Waals surface area (Å²) in [5.74, 6) is 0. The van der Waals surface area contributed by atoms with E-state index in [-0.39, 0.29) is 0 Å². The summed E-state index contributed by atoms with van der Waals surface area (Å²) in [5.41, 5.74) is -1.37. The van der Waals surface area contributed by atoms with E-state index >= 15 is 0 Å². The molecule has 0 aliphatic rings. The van der Waals surface area contributed by atoms with Crippen LogP contribution in [0.1, 0.15) is 19.8 Å². The Morgan fingerprint density at radius 3 is 2.00 bits per heavy atom. The van der Waals surface area contributed by atoms with Crippen LogP contribution in [0.15, 0.2) is 0 Å². The summed E-state index contributed by atoms with van der Waals surface area (Å²) < 4.78 is 5.00. The minimum atomic E-state index is -1.37.